The molecule has 1 aromatic heterocycles. The number of ether oxygens (including phenoxy) is 1. The SMILES string of the molecule is O=[N+]([O-])c1c(NCC2CCCO2)ncnc1Nc1ccc(N=Nc2ccccc2)cc1. The minimum atomic E-state index is -0.497. The van der Waals surface area contributed by atoms with Gasteiger partial charge in [0.15, 0.2) is 0 Å². The van der Waals surface area contributed by atoms with E-state index in [1.165, 1.54) is 6.33 Å². The quantitative estimate of drug-likeness (QED) is 0.294. The second-order valence-corrected chi connectivity index (χ2v) is 6.90. The first kappa shape index (κ1) is 20.4. The van der Waals surface area contributed by atoms with Crippen LogP contribution in [-0.4, -0.2) is 34.1 Å². The normalized spacial score (nSPS) is 15.8. The molecular formula is C21H21N7O3. The topological polar surface area (TPSA) is 127 Å². The number of hydrogen-bond acceptors (Lipinski definition) is 9. The Bertz CT molecular complexity index is 1050. The summed E-state index contributed by atoms with van der Waals surface area (Å²) in [6.07, 6.45) is 3.23. The largest absolute Gasteiger partial charge is 0.376 e. The van der Waals surface area contributed by atoms with Crippen molar-refractivity contribution in [3.8, 4) is 0 Å². The van der Waals surface area contributed by atoms with Gasteiger partial charge >= 0.3 is 5.69 Å². The van der Waals surface area contributed by atoms with Gasteiger partial charge in [0.2, 0.25) is 11.6 Å². The van der Waals surface area contributed by atoms with Crippen molar-refractivity contribution in [2.24, 2.45) is 10.2 Å². The van der Waals surface area contributed by atoms with Gasteiger partial charge in [-0.15, -0.1) is 0 Å². The van der Waals surface area contributed by atoms with Crippen LogP contribution in [0, 0.1) is 10.1 Å². The summed E-state index contributed by atoms with van der Waals surface area (Å²) in [7, 11) is 0. The Labute approximate surface area is 178 Å². The average molecular weight is 419 g/mol. The predicted molar refractivity (Wildman–Crippen MR) is 116 cm³/mol. The molecule has 1 saturated heterocycles. The minimum Gasteiger partial charge on any atom is -0.376 e. The molecule has 1 atom stereocenters. The Kier molecular flexibility index (Phi) is 6.38. The summed E-state index contributed by atoms with van der Waals surface area (Å²) in [6.45, 7) is 1.17. The van der Waals surface area contributed by atoms with Gasteiger partial charge in [-0.1, -0.05) is 18.2 Å². The maximum atomic E-state index is 11.7. The highest BCUT2D eigenvalue weighted by molar-refractivity contribution is 5.74. The lowest BCUT2D eigenvalue weighted by atomic mass is 10.2. The Morgan fingerprint density at radius 1 is 1.03 bits per heavy atom. The fourth-order valence-corrected chi connectivity index (χ4v) is 3.15. The lowest BCUT2D eigenvalue weighted by molar-refractivity contribution is -0.383. The molecule has 4 rings (SSSR count). The molecule has 2 N–H and O–H groups in total. The molecule has 10 heteroatoms. The van der Waals surface area contributed by atoms with Crippen LogP contribution in [0.1, 0.15) is 12.8 Å². The fourth-order valence-electron chi connectivity index (χ4n) is 3.15. The maximum absolute atomic E-state index is 11.7. The molecule has 1 aliphatic rings. The van der Waals surface area contributed by atoms with Crippen LogP contribution in [0.2, 0.25) is 0 Å². The van der Waals surface area contributed by atoms with Crippen molar-refractivity contribution in [2.45, 2.75) is 18.9 Å². The molecule has 1 aliphatic heterocycles. The Morgan fingerprint density at radius 3 is 2.42 bits per heavy atom. The van der Waals surface area contributed by atoms with E-state index in [9.17, 15) is 10.1 Å². The van der Waals surface area contributed by atoms with E-state index < -0.39 is 4.92 Å². The number of azo groups is 1. The van der Waals surface area contributed by atoms with Gasteiger partial charge in [-0.3, -0.25) is 10.1 Å². The van der Waals surface area contributed by atoms with Gasteiger partial charge in [-0.05, 0) is 49.2 Å². The smallest absolute Gasteiger partial charge is 0.353 e. The molecule has 31 heavy (non-hydrogen) atoms. The van der Waals surface area contributed by atoms with E-state index in [0.717, 1.165) is 18.5 Å². The molecule has 2 heterocycles. The van der Waals surface area contributed by atoms with Gasteiger partial charge in [0.25, 0.3) is 0 Å². The first-order chi connectivity index (χ1) is 15.2. The Morgan fingerprint density at radius 2 is 1.74 bits per heavy atom. The highest BCUT2D eigenvalue weighted by atomic mass is 16.6. The molecule has 0 radical (unpaired) electrons. The Hall–Kier alpha value is -3.92. The first-order valence-corrected chi connectivity index (χ1v) is 9.88. The van der Waals surface area contributed by atoms with Crippen LogP contribution in [0.25, 0.3) is 0 Å². The standard InChI is InChI=1S/C21H21N7O3/c29-28(30)19-20(22-13-18-7-4-12-31-18)23-14-24-21(19)25-15-8-10-17(11-9-15)27-26-16-5-2-1-3-6-16/h1-3,5-6,8-11,14,18H,4,7,12-13H2,(H2,22,23,24,25). The second-order valence-electron chi connectivity index (χ2n) is 6.90. The third kappa shape index (κ3) is 5.37. The lowest BCUT2D eigenvalue weighted by Crippen LogP contribution is -2.20. The summed E-state index contributed by atoms with van der Waals surface area (Å²) in [5.74, 6) is 0.264. The number of hydrogen-bond donors (Lipinski definition) is 2. The van der Waals surface area contributed by atoms with Crippen molar-refractivity contribution >= 4 is 34.4 Å². The molecule has 0 aliphatic carbocycles. The van der Waals surface area contributed by atoms with Crippen molar-refractivity contribution in [3.05, 3.63) is 71.0 Å². The zero-order chi connectivity index (χ0) is 21.5. The third-order valence-corrected chi connectivity index (χ3v) is 4.69. The number of benzene rings is 2. The van der Waals surface area contributed by atoms with Crippen LogP contribution in [0.3, 0.4) is 0 Å². The molecule has 2 aromatic carbocycles. The van der Waals surface area contributed by atoms with Gasteiger partial charge in [0, 0.05) is 18.8 Å². The van der Waals surface area contributed by atoms with Gasteiger partial charge < -0.3 is 15.4 Å². The molecule has 3 aromatic rings. The third-order valence-electron chi connectivity index (χ3n) is 4.69. The first-order valence-electron chi connectivity index (χ1n) is 9.88. The summed E-state index contributed by atoms with van der Waals surface area (Å²) in [5.41, 5.74) is 1.83. The molecule has 0 spiro atoms. The molecule has 158 valence electrons. The molecule has 1 unspecified atom stereocenters. The van der Waals surface area contributed by atoms with E-state index in [0.29, 0.717) is 24.5 Å². The molecule has 0 saturated carbocycles. The van der Waals surface area contributed by atoms with Crippen molar-refractivity contribution < 1.29 is 9.66 Å². The molecule has 0 amide bonds. The zero-order valence-corrected chi connectivity index (χ0v) is 16.6. The molecular weight excluding hydrogens is 398 g/mol. The summed E-state index contributed by atoms with van der Waals surface area (Å²) in [4.78, 5) is 19.3. The summed E-state index contributed by atoms with van der Waals surface area (Å²) < 4.78 is 5.55. The van der Waals surface area contributed by atoms with Crippen LogP contribution in [-0.2, 0) is 4.74 Å². The van der Waals surface area contributed by atoms with Gasteiger partial charge in [-0.2, -0.15) is 10.2 Å². The van der Waals surface area contributed by atoms with E-state index in [2.05, 4.69) is 30.8 Å². The van der Waals surface area contributed by atoms with E-state index in [1.54, 1.807) is 24.3 Å². The van der Waals surface area contributed by atoms with Crippen LogP contribution < -0.4 is 10.6 Å². The maximum Gasteiger partial charge on any atom is 0.353 e. The number of anilines is 3. The number of nitrogens with zero attached hydrogens (tertiary/aromatic N) is 5. The van der Waals surface area contributed by atoms with Gasteiger partial charge in [0.1, 0.15) is 6.33 Å². The van der Waals surface area contributed by atoms with Gasteiger partial charge in [-0.25, -0.2) is 9.97 Å². The van der Waals surface area contributed by atoms with E-state index >= 15 is 0 Å². The van der Waals surface area contributed by atoms with Crippen LogP contribution in [0.15, 0.2) is 71.2 Å². The highest BCUT2D eigenvalue weighted by Crippen LogP contribution is 2.32. The average Bonchev–Trinajstić information content (AvgIpc) is 3.31. The van der Waals surface area contributed by atoms with Crippen LogP contribution >= 0.6 is 0 Å². The molecule has 10 nitrogen and oxygen atoms in total. The van der Waals surface area contributed by atoms with Crippen molar-refractivity contribution in [1.29, 1.82) is 0 Å². The number of aromatic nitrogens is 2. The van der Waals surface area contributed by atoms with Gasteiger partial charge in [0.05, 0.1) is 22.4 Å². The van der Waals surface area contributed by atoms with Crippen molar-refractivity contribution in [1.82, 2.24) is 9.97 Å². The summed E-state index contributed by atoms with van der Waals surface area (Å²) in [6, 6.07) is 16.4. The number of nitro groups is 1. The van der Waals surface area contributed by atoms with Crippen LogP contribution in [0.4, 0.5) is 34.4 Å². The fraction of sp³-hybridized carbons (Fsp3) is 0.238. The molecule has 1 fully saturated rings. The van der Waals surface area contributed by atoms with Crippen molar-refractivity contribution in [2.75, 3.05) is 23.8 Å². The lowest BCUT2D eigenvalue weighted by Gasteiger charge is -2.13. The predicted octanol–water partition coefficient (Wildman–Crippen LogP) is 5.13. The number of rotatable bonds is 8. The molecule has 0 bridgehead atoms. The van der Waals surface area contributed by atoms with E-state index in [4.69, 9.17) is 4.74 Å². The second kappa shape index (κ2) is 9.72. The van der Waals surface area contributed by atoms with Crippen LogP contribution in [0.5, 0.6) is 0 Å². The summed E-state index contributed by atoms with van der Waals surface area (Å²) >= 11 is 0. The monoisotopic (exact) mass is 419 g/mol. The highest BCUT2D eigenvalue weighted by Gasteiger charge is 2.24. The Balaban J connectivity index is 1.47. The zero-order valence-electron chi connectivity index (χ0n) is 16.6. The van der Waals surface area contributed by atoms with E-state index in [-0.39, 0.29) is 23.4 Å². The summed E-state index contributed by atoms with van der Waals surface area (Å²) in [5, 5.41) is 26.1. The van der Waals surface area contributed by atoms with E-state index in [1.807, 2.05) is 30.3 Å². The number of nitrogens with one attached hydrogen (secondary N) is 2. The minimum absolute atomic E-state index is 0.0311. The van der Waals surface area contributed by atoms with Crippen molar-refractivity contribution in [3.63, 3.8) is 0 Å².